The minimum Gasteiger partial charge on any atom is -0.465 e. The number of hydrogen-bond donors (Lipinski definition) is 1. The number of fused-ring (bicyclic) bond motifs is 1. The fraction of sp³-hybridized carbons (Fsp3) is 0.500. The van der Waals surface area contributed by atoms with Gasteiger partial charge in [-0.2, -0.15) is 0 Å². The predicted molar refractivity (Wildman–Crippen MR) is 81.3 cm³/mol. The maximum absolute atomic E-state index is 12.9. The van der Waals surface area contributed by atoms with E-state index in [0.717, 1.165) is 11.3 Å². The van der Waals surface area contributed by atoms with E-state index >= 15 is 0 Å². The fourth-order valence-electron chi connectivity index (χ4n) is 2.92. The molecule has 1 aliphatic rings. The third-order valence-corrected chi connectivity index (χ3v) is 3.82. The zero-order chi connectivity index (χ0) is 15.8. The fourth-order valence-corrected chi connectivity index (χ4v) is 2.92. The lowest BCUT2D eigenvalue weighted by molar-refractivity contribution is -0.126. The molecule has 0 aromatic heterocycles. The second-order valence-corrected chi connectivity index (χ2v) is 6.39. The molecule has 1 aromatic rings. The summed E-state index contributed by atoms with van der Waals surface area (Å²) in [5.41, 5.74) is 1.20. The number of carbonyl (C=O) groups excluding carboxylic acids is 1. The number of rotatable bonds is 1. The van der Waals surface area contributed by atoms with Crippen molar-refractivity contribution in [3.8, 4) is 0 Å². The van der Waals surface area contributed by atoms with Gasteiger partial charge in [-0.15, -0.1) is 0 Å². The monoisotopic (exact) mass is 290 g/mol. The predicted octanol–water partition coefficient (Wildman–Crippen LogP) is 2.95. The summed E-state index contributed by atoms with van der Waals surface area (Å²) in [6, 6.07) is 6.81. The lowest BCUT2D eigenvalue weighted by atomic mass is 9.85. The van der Waals surface area contributed by atoms with Crippen LogP contribution in [0.25, 0.3) is 0 Å². The van der Waals surface area contributed by atoms with E-state index in [4.69, 9.17) is 0 Å². The first-order chi connectivity index (χ1) is 9.77. The summed E-state index contributed by atoms with van der Waals surface area (Å²) in [5, 5.41) is 9.55. The molecule has 114 valence electrons. The molecule has 0 fully saturated rings. The summed E-state index contributed by atoms with van der Waals surface area (Å²) in [4.78, 5) is 27.5. The van der Waals surface area contributed by atoms with Crippen LogP contribution < -0.4 is 4.90 Å². The molecule has 1 atom stereocenters. The SMILES string of the molecule is CCN1C(=O)C(C(C)(C)C)N(C(=O)O)Cc2ccccc21. The van der Waals surface area contributed by atoms with Gasteiger partial charge in [0.05, 0.1) is 6.54 Å². The van der Waals surface area contributed by atoms with E-state index in [1.807, 2.05) is 52.0 Å². The Morgan fingerprint density at radius 3 is 2.48 bits per heavy atom. The molecule has 0 saturated carbocycles. The number of carboxylic acid groups (broad SMARTS) is 1. The van der Waals surface area contributed by atoms with Gasteiger partial charge in [-0.25, -0.2) is 4.79 Å². The summed E-state index contributed by atoms with van der Waals surface area (Å²) >= 11 is 0. The van der Waals surface area contributed by atoms with Gasteiger partial charge in [0.25, 0.3) is 0 Å². The highest BCUT2D eigenvalue weighted by atomic mass is 16.4. The standard InChI is InChI=1S/C16H22N2O3/c1-5-17-12-9-7-6-8-11(12)10-18(15(20)21)13(14(17)19)16(2,3)4/h6-9,13H,5,10H2,1-4H3,(H,20,21). The molecule has 0 saturated heterocycles. The zero-order valence-corrected chi connectivity index (χ0v) is 13.0. The van der Waals surface area contributed by atoms with Crippen LogP contribution in [0.15, 0.2) is 24.3 Å². The van der Waals surface area contributed by atoms with Gasteiger partial charge in [-0.1, -0.05) is 39.0 Å². The molecular formula is C16H22N2O3. The Bertz CT molecular complexity index is 563. The van der Waals surface area contributed by atoms with E-state index in [2.05, 4.69) is 0 Å². The normalized spacial score (nSPS) is 19.2. The first-order valence-electron chi connectivity index (χ1n) is 7.16. The molecule has 21 heavy (non-hydrogen) atoms. The van der Waals surface area contributed by atoms with E-state index in [1.165, 1.54) is 4.90 Å². The molecule has 0 spiro atoms. The van der Waals surface area contributed by atoms with Gasteiger partial charge in [0.2, 0.25) is 5.91 Å². The van der Waals surface area contributed by atoms with Crippen LogP contribution in [0.1, 0.15) is 33.3 Å². The summed E-state index contributed by atoms with van der Waals surface area (Å²) in [5.74, 6) is -0.155. The van der Waals surface area contributed by atoms with Gasteiger partial charge < -0.3 is 10.0 Å². The Labute approximate surface area is 125 Å². The van der Waals surface area contributed by atoms with E-state index < -0.39 is 17.6 Å². The molecule has 1 N–H and O–H groups in total. The lowest BCUT2D eigenvalue weighted by Crippen LogP contribution is -2.54. The summed E-state index contributed by atoms with van der Waals surface area (Å²) in [6.07, 6.45) is -1.06. The molecule has 5 nitrogen and oxygen atoms in total. The first-order valence-corrected chi connectivity index (χ1v) is 7.16. The van der Waals surface area contributed by atoms with Crippen molar-refractivity contribution in [2.75, 3.05) is 11.4 Å². The maximum Gasteiger partial charge on any atom is 0.408 e. The number of carbonyl (C=O) groups is 2. The molecule has 1 aliphatic heterocycles. The van der Waals surface area contributed by atoms with E-state index in [9.17, 15) is 14.7 Å². The lowest BCUT2D eigenvalue weighted by Gasteiger charge is -2.37. The van der Waals surface area contributed by atoms with Crippen molar-refractivity contribution in [2.24, 2.45) is 5.41 Å². The van der Waals surface area contributed by atoms with Crippen LogP contribution in [0.3, 0.4) is 0 Å². The summed E-state index contributed by atoms with van der Waals surface area (Å²) in [6.45, 7) is 8.36. The van der Waals surface area contributed by atoms with Crippen molar-refractivity contribution in [1.82, 2.24) is 4.90 Å². The van der Waals surface area contributed by atoms with Gasteiger partial charge in [-0.05, 0) is 24.0 Å². The average Bonchev–Trinajstić information content (AvgIpc) is 2.51. The van der Waals surface area contributed by atoms with E-state index in [0.29, 0.717) is 6.54 Å². The number of para-hydroxylation sites is 1. The molecule has 1 unspecified atom stereocenters. The maximum atomic E-state index is 12.9. The third kappa shape index (κ3) is 2.73. The number of hydrogen-bond acceptors (Lipinski definition) is 2. The van der Waals surface area contributed by atoms with Crippen molar-refractivity contribution in [1.29, 1.82) is 0 Å². The van der Waals surface area contributed by atoms with E-state index in [-0.39, 0.29) is 12.5 Å². The largest absolute Gasteiger partial charge is 0.465 e. The Hall–Kier alpha value is -2.04. The van der Waals surface area contributed by atoms with Crippen LogP contribution in [-0.2, 0) is 11.3 Å². The van der Waals surface area contributed by atoms with Crippen LogP contribution in [0, 0.1) is 5.41 Å². The molecule has 0 aliphatic carbocycles. The van der Waals surface area contributed by atoms with Crippen LogP contribution in [-0.4, -0.2) is 34.6 Å². The topological polar surface area (TPSA) is 60.9 Å². The van der Waals surface area contributed by atoms with Crippen LogP contribution in [0.2, 0.25) is 0 Å². The van der Waals surface area contributed by atoms with Gasteiger partial charge in [0.1, 0.15) is 6.04 Å². The second-order valence-electron chi connectivity index (χ2n) is 6.39. The van der Waals surface area contributed by atoms with Crippen molar-refractivity contribution < 1.29 is 14.7 Å². The molecule has 5 heteroatoms. The summed E-state index contributed by atoms with van der Waals surface area (Å²) in [7, 11) is 0. The number of benzene rings is 1. The van der Waals surface area contributed by atoms with Crippen molar-refractivity contribution in [3.63, 3.8) is 0 Å². The van der Waals surface area contributed by atoms with Crippen molar-refractivity contribution in [2.45, 2.75) is 40.3 Å². The molecule has 1 aromatic carbocycles. The minimum absolute atomic E-state index is 0.155. The minimum atomic E-state index is -1.06. The molecule has 0 radical (unpaired) electrons. The number of likely N-dealkylation sites (N-methyl/N-ethyl adjacent to an activating group) is 1. The zero-order valence-electron chi connectivity index (χ0n) is 13.0. The Balaban J connectivity index is 2.61. The number of anilines is 1. The highest BCUT2D eigenvalue weighted by molar-refractivity contribution is 6.00. The van der Waals surface area contributed by atoms with Gasteiger partial charge in [0.15, 0.2) is 0 Å². The quantitative estimate of drug-likeness (QED) is 0.865. The smallest absolute Gasteiger partial charge is 0.408 e. The Morgan fingerprint density at radius 2 is 1.95 bits per heavy atom. The summed E-state index contributed by atoms with van der Waals surface area (Å²) < 4.78 is 0. The molecule has 1 heterocycles. The molecular weight excluding hydrogens is 268 g/mol. The Morgan fingerprint density at radius 1 is 1.33 bits per heavy atom. The number of amides is 2. The first kappa shape index (κ1) is 15.4. The van der Waals surface area contributed by atoms with Crippen molar-refractivity contribution >= 4 is 17.7 Å². The molecule has 2 amide bonds. The Kier molecular flexibility index (Phi) is 3.94. The van der Waals surface area contributed by atoms with Crippen LogP contribution in [0.5, 0.6) is 0 Å². The van der Waals surface area contributed by atoms with Gasteiger partial charge in [0, 0.05) is 12.2 Å². The molecule has 2 rings (SSSR count). The van der Waals surface area contributed by atoms with Crippen LogP contribution in [0.4, 0.5) is 10.5 Å². The van der Waals surface area contributed by atoms with Crippen LogP contribution >= 0.6 is 0 Å². The second kappa shape index (κ2) is 5.39. The van der Waals surface area contributed by atoms with Crippen molar-refractivity contribution in [3.05, 3.63) is 29.8 Å². The van der Waals surface area contributed by atoms with E-state index in [1.54, 1.807) is 4.90 Å². The highest BCUT2D eigenvalue weighted by Gasteiger charge is 2.43. The third-order valence-electron chi connectivity index (χ3n) is 3.82. The number of nitrogens with zero attached hydrogens (tertiary/aromatic N) is 2. The molecule has 0 bridgehead atoms. The van der Waals surface area contributed by atoms with Gasteiger partial charge in [-0.3, -0.25) is 9.69 Å². The average molecular weight is 290 g/mol. The van der Waals surface area contributed by atoms with Gasteiger partial charge >= 0.3 is 6.09 Å². The highest BCUT2D eigenvalue weighted by Crippen LogP contribution is 2.34.